The number of Topliss-reactive ketones (excluding diaryl/α,β-unsaturated/α-hetero) is 1. The number of ketones is 2. The standard InChI is InChI=1S/C23H37NO2P.C10H12O2/c1-15-9-12-23(25)18(13-19(15)17(3)16(2)14-24(5)6)10-11-22(4)20(23)7-8-21(22)26-27;1-10-5-4-8(11)6-7(10)2-3-9(10)12/h10,13-14,16-17,20-21,25H,1,7-9,11-12,27H2,2-6H3;6H,2-5H2,1H3/q+1;/t16-,17+,20-,21+,22+,23-;10-/m10/s1. The van der Waals surface area contributed by atoms with E-state index in [9.17, 15) is 14.7 Å². The maximum atomic E-state index is 11.9. The number of carbonyl (C=O) groups excluding carboxylic acids is 2. The van der Waals surface area contributed by atoms with E-state index >= 15 is 0 Å². The molecule has 2 fully saturated rings. The molecule has 0 amide bonds. The molecule has 8 atom stereocenters. The summed E-state index contributed by atoms with van der Waals surface area (Å²) in [6, 6.07) is 0. The molecule has 0 spiro atoms. The smallest absolute Gasteiger partial charge is 0.155 e. The van der Waals surface area contributed by atoms with E-state index in [2.05, 4.69) is 73.9 Å². The lowest BCUT2D eigenvalue weighted by atomic mass is 9.60. The molecule has 0 aromatic rings. The van der Waals surface area contributed by atoms with Crippen molar-refractivity contribution in [1.82, 2.24) is 0 Å². The first-order chi connectivity index (χ1) is 18.3. The zero-order valence-electron chi connectivity index (χ0n) is 24.9. The number of allylic oxidation sites excluding steroid dienone is 5. The van der Waals surface area contributed by atoms with Gasteiger partial charge < -0.3 is 9.63 Å². The molecular formula is C33H49NO4P+. The molecule has 5 aliphatic carbocycles. The van der Waals surface area contributed by atoms with E-state index < -0.39 is 5.60 Å². The minimum atomic E-state index is -0.760. The molecule has 0 bridgehead atoms. The molecule has 0 saturated heterocycles. The van der Waals surface area contributed by atoms with Crippen molar-refractivity contribution in [3.63, 3.8) is 0 Å². The van der Waals surface area contributed by atoms with Crippen LogP contribution in [-0.2, 0) is 14.1 Å². The number of rotatable bonds is 4. The van der Waals surface area contributed by atoms with Crippen molar-refractivity contribution < 1.29 is 23.8 Å². The summed E-state index contributed by atoms with van der Waals surface area (Å²) in [6.07, 6.45) is 16.1. The molecule has 1 unspecified atom stereocenters. The molecule has 2 saturated carbocycles. The molecule has 0 radical (unpaired) electrons. The summed E-state index contributed by atoms with van der Waals surface area (Å²) in [5, 5.41) is 11.9. The van der Waals surface area contributed by atoms with Gasteiger partial charge in [-0.15, -0.1) is 0 Å². The lowest BCUT2D eigenvalue weighted by molar-refractivity contribution is -0.461. The van der Waals surface area contributed by atoms with Crippen LogP contribution in [0.1, 0.15) is 85.5 Å². The van der Waals surface area contributed by atoms with Gasteiger partial charge in [0.1, 0.15) is 26.1 Å². The number of hydrogen-bond donors (Lipinski definition) is 1. The topological polar surface area (TPSA) is 66.6 Å². The number of hydrogen-bond acceptors (Lipinski definition) is 4. The van der Waals surface area contributed by atoms with E-state index in [0.717, 1.165) is 56.1 Å². The summed E-state index contributed by atoms with van der Waals surface area (Å²) >= 11 is 0. The monoisotopic (exact) mass is 554 g/mol. The maximum Gasteiger partial charge on any atom is 0.155 e. The number of aliphatic hydroxyl groups is 1. The van der Waals surface area contributed by atoms with Crippen LogP contribution in [0.3, 0.4) is 0 Å². The second-order valence-electron chi connectivity index (χ2n) is 13.4. The molecule has 39 heavy (non-hydrogen) atoms. The van der Waals surface area contributed by atoms with Crippen LogP contribution in [0.2, 0.25) is 0 Å². The Kier molecular flexibility index (Phi) is 8.77. The van der Waals surface area contributed by atoms with Crippen LogP contribution in [0, 0.1) is 28.6 Å². The van der Waals surface area contributed by atoms with Gasteiger partial charge in [-0.3, -0.25) is 9.59 Å². The molecule has 5 nitrogen and oxygen atoms in total. The average Bonchev–Trinajstić information content (AvgIpc) is 3.33. The Bertz CT molecular complexity index is 1160. The third kappa shape index (κ3) is 5.48. The van der Waals surface area contributed by atoms with Gasteiger partial charge >= 0.3 is 0 Å². The van der Waals surface area contributed by atoms with Gasteiger partial charge in [-0.25, -0.2) is 4.58 Å². The molecule has 0 aliphatic heterocycles. The molecule has 5 aliphatic rings. The van der Waals surface area contributed by atoms with Gasteiger partial charge in [-0.2, -0.15) is 0 Å². The van der Waals surface area contributed by atoms with Gasteiger partial charge in [-0.05, 0) is 75.0 Å². The van der Waals surface area contributed by atoms with Crippen LogP contribution in [0.5, 0.6) is 0 Å². The molecule has 0 heterocycles. The highest BCUT2D eigenvalue weighted by Gasteiger charge is 2.58. The van der Waals surface area contributed by atoms with Crippen molar-refractivity contribution >= 4 is 27.2 Å². The Balaban J connectivity index is 0.000000243. The predicted octanol–water partition coefficient (Wildman–Crippen LogP) is 6.18. The third-order valence-corrected chi connectivity index (χ3v) is 11.1. The van der Waals surface area contributed by atoms with Gasteiger partial charge in [0.25, 0.3) is 0 Å². The number of fused-ring (bicyclic) bond motifs is 4. The molecule has 5 rings (SSSR count). The minimum absolute atomic E-state index is 0.0112. The van der Waals surface area contributed by atoms with E-state index in [4.69, 9.17) is 4.52 Å². The summed E-state index contributed by atoms with van der Waals surface area (Å²) in [5.41, 5.74) is 3.66. The second kappa shape index (κ2) is 11.3. The highest BCUT2D eigenvalue weighted by molar-refractivity contribution is 7.09. The van der Waals surface area contributed by atoms with E-state index in [1.807, 2.05) is 6.92 Å². The average molecular weight is 555 g/mol. The normalized spacial score (nSPS) is 37.1. The molecular weight excluding hydrogens is 505 g/mol. The van der Waals surface area contributed by atoms with Crippen molar-refractivity contribution in [2.45, 2.75) is 97.2 Å². The van der Waals surface area contributed by atoms with Gasteiger partial charge in [0, 0.05) is 45.0 Å². The van der Waals surface area contributed by atoms with Gasteiger partial charge in [0.2, 0.25) is 0 Å². The summed E-state index contributed by atoms with van der Waals surface area (Å²) in [7, 11) is 6.60. The van der Waals surface area contributed by atoms with Crippen LogP contribution in [-0.4, -0.2) is 53.3 Å². The summed E-state index contributed by atoms with van der Waals surface area (Å²) in [5.74, 6) is 1.56. The van der Waals surface area contributed by atoms with Crippen LogP contribution in [0.25, 0.3) is 0 Å². The first-order valence-corrected chi connectivity index (χ1v) is 15.2. The summed E-state index contributed by atoms with van der Waals surface area (Å²) in [6.45, 7) is 13.2. The Morgan fingerprint density at radius 2 is 1.82 bits per heavy atom. The lowest BCUT2D eigenvalue weighted by Crippen LogP contribution is -2.50. The Hall–Kier alpha value is -1.68. The molecule has 214 valence electrons. The molecule has 0 aromatic heterocycles. The first kappa shape index (κ1) is 30.3. The molecule has 0 aromatic carbocycles. The zero-order valence-corrected chi connectivity index (χ0v) is 26.0. The second-order valence-corrected chi connectivity index (χ2v) is 13.7. The van der Waals surface area contributed by atoms with Crippen LogP contribution < -0.4 is 0 Å². The van der Waals surface area contributed by atoms with Gasteiger partial charge in [0.15, 0.2) is 5.78 Å². The van der Waals surface area contributed by atoms with Crippen LogP contribution in [0.15, 0.2) is 47.1 Å². The summed E-state index contributed by atoms with van der Waals surface area (Å²) < 4.78 is 7.85. The van der Waals surface area contributed by atoms with Crippen molar-refractivity contribution in [2.24, 2.45) is 28.6 Å². The van der Waals surface area contributed by atoms with Crippen molar-refractivity contribution in [3.8, 4) is 0 Å². The van der Waals surface area contributed by atoms with Crippen molar-refractivity contribution in [1.29, 1.82) is 0 Å². The molecule has 6 heteroatoms. The Morgan fingerprint density at radius 3 is 2.49 bits per heavy atom. The van der Waals surface area contributed by atoms with Crippen LogP contribution in [0.4, 0.5) is 0 Å². The largest absolute Gasteiger partial charge is 0.385 e. The highest BCUT2D eigenvalue weighted by atomic mass is 31.0. The van der Waals surface area contributed by atoms with Crippen molar-refractivity contribution in [3.05, 3.63) is 47.1 Å². The Morgan fingerprint density at radius 1 is 1.10 bits per heavy atom. The SMILES string of the molecule is C=C1CC[C@@]2(O)C(=CC[C@]3(C)[C@@H](OP)CC[C@H]32)C=C1[C@@H](C)[C@H](C)C=[N+](C)C.C[C@]12CCC(=O)C=C1CCC2=O. The lowest BCUT2D eigenvalue weighted by Gasteiger charge is -2.48. The number of carbonyl (C=O) groups is 2. The fourth-order valence-electron chi connectivity index (χ4n) is 7.94. The zero-order chi connectivity index (χ0) is 28.8. The summed E-state index contributed by atoms with van der Waals surface area (Å²) in [4.78, 5) is 22.6. The quantitative estimate of drug-likeness (QED) is 0.256. The number of nitrogens with zero attached hydrogens (tertiary/aromatic N) is 1. The highest BCUT2D eigenvalue weighted by Crippen LogP contribution is 2.59. The van der Waals surface area contributed by atoms with E-state index in [0.29, 0.717) is 30.5 Å². The Labute approximate surface area is 237 Å². The van der Waals surface area contributed by atoms with E-state index in [1.165, 1.54) is 11.1 Å². The van der Waals surface area contributed by atoms with Crippen LogP contribution >= 0.6 is 9.47 Å². The van der Waals surface area contributed by atoms with Gasteiger partial charge in [0.05, 0.1) is 11.7 Å². The third-order valence-electron chi connectivity index (χ3n) is 10.7. The van der Waals surface area contributed by atoms with Gasteiger partial charge in [-0.1, -0.05) is 50.6 Å². The van der Waals surface area contributed by atoms with Crippen molar-refractivity contribution in [2.75, 3.05) is 14.1 Å². The first-order valence-electron chi connectivity index (χ1n) is 14.7. The fraction of sp³-hybridized carbons (Fsp3) is 0.667. The van der Waals surface area contributed by atoms with E-state index in [1.54, 1.807) is 6.08 Å². The predicted molar refractivity (Wildman–Crippen MR) is 161 cm³/mol. The maximum absolute atomic E-state index is 11.9. The molecule has 1 N–H and O–H groups in total. The van der Waals surface area contributed by atoms with E-state index in [-0.39, 0.29) is 28.6 Å². The minimum Gasteiger partial charge on any atom is -0.385 e. The fourth-order valence-corrected chi connectivity index (χ4v) is 8.38.